The van der Waals surface area contributed by atoms with Crippen LogP contribution in [0.25, 0.3) is 0 Å². The molecule has 0 amide bonds. The maximum Gasteiger partial charge on any atom is 0.314 e. The Kier molecular flexibility index (Phi) is 6.35. The zero-order chi connectivity index (χ0) is 25.4. The highest BCUT2D eigenvalue weighted by molar-refractivity contribution is 5.77. The molecule has 1 spiro atoms. The zero-order valence-corrected chi connectivity index (χ0v) is 20.8. The van der Waals surface area contributed by atoms with Gasteiger partial charge in [0.1, 0.15) is 24.4 Å². The number of carbonyl (C=O) groups excluding carboxylic acids is 1. The van der Waals surface area contributed by atoms with Crippen LogP contribution in [0.5, 0.6) is 0 Å². The van der Waals surface area contributed by atoms with E-state index in [0.717, 1.165) is 44.9 Å². The van der Waals surface area contributed by atoms with Crippen LogP contribution in [0.15, 0.2) is 0 Å². The topological polar surface area (TPSA) is 157 Å². The van der Waals surface area contributed by atoms with E-state index in [1.807, 2.05) is 6.92 Å². The molecule has 0 unspecified atom stereocenters. The Hall–Kier alpha value is -0.810. The molecule has 1 heterocycles. The summed E-state index contributed by atoms with van der Waals surface area (Å²) in [5.74, 6) is 0.0529. The van der Waals surface area contributed by atoms with Crippen molar-refractivity contribution in [2.75, 3.05) is 13.2 Å². The fourth-order valence-corrected chi connectivity index (χ4v) is 9.46. The van der Waals surface area contributed by atoms with Crippen LogP contribution in [0.2, 0.25) is 0 Å². The second kappa shape index (κ2) is 8.61. The zero-order valence-electron chi connectivity index (χ0n) is 20.8. The first-order chi connectivity index (χ1) is 16.4. The van der Waals surface area contributed by atoms with Gasteiger partial charge in [0.15, 0.2) is 0 Å². The number of hydrogen-bond donors (Lipinski definition) is 6. The van der Waals surface area contributed by atoms with E-state index in [-0.39, 0.29) is 29.3 Å². The van der Waals surface area contributed by atoms with Crippen LogP contribution in [0.1, 0.15) is 71.6 Å². The molecule has 6 N–H and O–H groups in total. The SMILES string of the molecule is C[C@]12CCC[C@](C)(C(=O)O[C@@H]3O[C@H](CO)[C@@H](O)[C@H](O)[C@H]3O)[C@@H]1CC[C@]13C[C@H](CC[C@@H]12)[C@@](O)(CO)C3. The van der Waals surface area contributed by atoms with Gasteiger partial charge in [-0.2, -0.15) is 0 Å². The van der Waals surface area contributed by atoms with Crippen LogP contribution in [0.3, 0.4) is 0 Å². The molecular weight excluding hydrogens is 456 g/mol. The average Bonchev–Trinajstić information content (AvgIpc) is 3.04. The second-order valence-electron chi connectivity index (χ2n) is 12.8. The fourth-order valence-electron chi connectivity index (χ4n) is 9.46. The van der Waals surface area contributed by atoms with E-state index in [1.54, 1.807) is 0 Å². The molecule has 9 heteroatoms. The normalized spacial score (nSPS) is 55.7. The maximum atomic E-state index is 13.7. The summed E-state index contributed by atoms with van der Waals surface area (Å²) in [5.41, 5.74) is -1.94. The van der Waals surface area contributed by atoms with Gasteiger partial charge in [-0.3, -0.25) is 4.79 Å². The molecule has 4 aliphatic carbocycles. The Morgan fingerprint density at radius 3 is 2.40 bits per heavy atom. The van der Waals surface area contributed by atoms with Gasteiger partial charge in [-0.1, -0.05) is 13.3 Å². The lowest BCUT2D eigenvalue weighted by Gasteiger charge is -2.63. The summed E-state index contributed by atoms with van der Waals surface area (Å²) in [6.45, 7) is 3.44. The first-order valence-corrected chi connectivity index (χ1v) is 13.3. The molecule has 0 radical (unpaired) electrons. The number of esters is 1. The molecule has 0 aromatic rings. The molecule has 12 atom stereocenters. The van der Waals surface area contributed by atoms with Crippen molar-refractivity contribution < 1.29 is 44.9 Å². The monoisotopic (exact) mass is 498 g/mol. The van der Waals surface area contributed by atoms with Gasteiger partial charge in [0.2, 0.25) is 6.29 Å². The first-order valence-electron chi connectivity index (χ1n) is 13.3. The summed E-state index contributed by atoms with van der Waals surface area (Å²) in [4.78, 5) is 13.7. The van der Waals surface area contributed by atoms with Crippen LogP contribution in [-0.4, -0.2) is 86.1 Å². The highest BCUT2D eigenvalue weighted by Crippen LogP contribution is 2.73. The van der Waals surface area contributed by atoms with Crippen LogP contribution >= 0.6 is 0 Å². The van der Waals surface area contributed by atoms with Gasteiger partial charge >= 0.3 is 5.97 Å². The van der Waals surface area contributed by atoms with Gasteiger partial charge in [0.25, 0.3) is 0 Å². The predicted molar refractivity (Wildman–Crippen MR) is 123 cm³/mol. The van der Waals surface area contributed by atoms with Crippen molar-refractivity contribution in [3.63, 3.8) is 0 Å². The Labute approximate surface area is 206 Å². The highest BCUT2D eigenvalue weighted by atomic mass is 16.7. The number of rotatable bonds is 4. The Morgan fingerprint density at radius 1 is 0.971 bits per heavy atom. The molecule has 2 bridgehead atoms. The van der Waals surface area contributed by atoms with Crippen molar-refractivity contribution >= 4 is 5.97 Å². The summed E-state index contributed by atoms with van der Waals surface area (Å²) >= 11 is 0. The molecular formula is C26H42O9. The first kappa shape index (κ1) is 25.8. The number of ether oxygens (including phenoxy) is 2. The minimum absolute atomic E-state index is 0.00886. The Morgan fingerprint density at radius 2 is 1.71 bits per heavy atom. The van der Waals surface area contributed by atoms with Gasteiger partial charge in [0.05, 0.1) is 24.2 Å². The largest absolute Gasteiger partial charge is 0.432 e. The van der Waals surface area contributed by atoms with Crippen molar-refractivity contribution in [3.05, 3.63) is 0 Å². The Bertz CT molecular complexity index is 836. The third-order valence-corrected chi connectivity index (χ3v) is 11.1. The van der Waals surface area contributed by atoms with Crippen molar-refractivity contribution in [3.8, 4) is 0 Å². The van der Waals surface area contributed by atoms with E-state index < -0.39 is 54.3 Å². The second-order valence-corrected chi connectivity index (χ2v) is 12.8. The van der Waals surface area contributed by atoms with E-state index in [0.29, 0.717) is 18.8 Å². The van der Waals surface area contributed by atoms with E-state index in [9.17, 15) is 35.4 Å². The summed E-state index contributed by atoms with van der Waals surface area (Å²) in [5, 5.41) is 61.1. The fraction of sp³-hybridized carbons (Fsp3) is 0.962. The summed E-state index contributed by atoms with van der Waals surface area (Å²) in [7, 11) is 0. The van der Waals surface area contributed by atoms with Gasteiger partial charge in [-0.05, 0) is 86.9 Å². The molecule has 35 heavy (non-hydrogen) atoms. The number of hydrogen-bond acceptors (Lipinski definition) is 9. The minimum atomic E-state index is -1.62. The smallest absolute Gasteiger partial charge is 0.314 e. The van der Waals surface area contributed by atoms with Crippen LogP contribution in [-0.2, 0) is 14.3 Å². The van der Waals surface area contributed by atoms with Crippen molar-refractivity contribution in [1.82, 2.24) is 0 Å². The van der Waals surface area contributed by atoms with Crippen LogP contribution < -0.4 is 0 Å². The maximum absolute atomic E-state index is 13.7. The van der Waals surface area contributed by atoms with E-state index in [4.69, 9.17) is 9.47 Å². The molecule has 5 fully saturated rings. The van der Waals surface area contributed by atoms with E-state index >= 15 is 0 Å². The molecule has 1 aliphatic heterocycles. The lowest BCUT2D eigenvalue weighted by molar-refractivity contribution is -0.298. The summed E-state index contributed by atoms with van der Waals surface area (Å²) < 4.78 is 11.1. The number of aliphatic hydroxyl groups excluding tert-OH is 5. The summed E-state index contributed by atoms with van der Waals surface area (Å²) in [6, 6.07) is 0. The summed E-state index contributed by atoms with van der Waals surface area (Å²) in [6.07, 6.45) is 0.327. The van der Waals surface area contributed by atoms with E-state index in [2.05, 4.69) is 6.92 Å². The van der Waals surface area contributed by atoms with Crippen LogP contribution in [0, 0.1) is 34.0 Å². The van der Waals surface area contributed by atoms with Gasteiger partial charge in [0, 0.05) is 0 Å². The molecule has 5 aliphatic rings. The third-order valence-electron chi connectivity index (χ3n) is 11.1. The molecule has 1 saturated heterocycles. The third kappa shape index (κ3) is 3.64. The standard InChI is InChI=1S/C26H42O9/c1-23-7-3-8-24(2,22(32)35-21-20(31)19(30)18(29)15(11-27)34-21)16(23)6-9-25-10-14(4-5-17(23)25)26(33,12-25)13-28/h14-21,27-31,33H,3-13H2,1-2H3/t14-,15+,16+,17+,18+,19-,20+,21-,23-,24-,25+,26-/m0/s1. The van der Waals surface area contributed by atoms with Gasteiger partial charge in [-0.15, -0.1) is 0 Å². The van der Waals surface area contributed by atoms with E-state index in [1.165, 1.54) is 0 Å². The quantitative estimate of drug-likeness (QED) is 0.303. The average molecular weight is 499 g/mol. The molecule has 9 nitrogen and oxygen atoms in total. The highest BCUT2D eigenvalue weighted by Gasteiger charge is 2.68. The lowest BCUT2D eigenvalue weighted by atomic mass is 9.41. The predicted octanol–water partition coefficient (Wildman–Crippen LogP) is 0.466. The molecule has 200 valence electrons. The molecule has 4 saturated carbocycles. The molecule has 0 aromatic carbocycles. The van der Waals surface area contributed by atoms with Crippen molar-refractivity contribution in [1.29, 1.82) is 0 Å². The number of aliphatic hydroxyl groups is 6. The van der Waals surface area contributed by atoms with Gasteiger partial charge < -0.3 is 40.1 Å². The minimum Gasteiger partial charge on any atom is -0.432 e. The molecule has 0 aromatic heterocycles. The lowest BCUT2D eigenvalue weighted by Crippen LogP contribution is -2.61. The molecule has 5 rings (SSSR count). The number of carbonyl (C=O) groups is 1. The van der Waals surface area contributed by atoms with Crippen LogP contribution in [0.4, 0.5) is 0 Å². The number of fused-ring (bicyclic) bond motifs is 3. The van der Waals surface area contributed by atoms with Crippen molar-refractivity contribution in [2.45, 2.75) is 108 Å². The Balaban J connectivity index is 1.38. The van der Waals surface area contributed by atoms with Crippen molar-refractivity contribution in [2.24, 2.45) is 34.0 Å². The van der Waals surface area contributed by atoms with Gasteiger partial charge in [-0.25, -0.2) is 0 Å².